The van der Waals surface area contributed by atoms with Crippen molar-refractivity contribution in [2.24, 2.45) is 16.8 Å². The Morgan fingerprint density at radius 1 is 1.38 bits per heavy atom. The van der Waals surface area contributed by atoms with Gasteiger partial charge in [0.1, 0.15) is 0 Å². The minimum Gasteiger partial charge on any atom is -0.481 e. The quantitative estimate of drug-likeness (QED) is 0.667. The Bertz CT molecular complexity index is 197. The van der Waals surface area contributed by atoms with E-state index in [1.165, 1.54) is 0 Å². The maximum absolute atomic E-state index is 10.7. The molecule has 0 aromatic rings. The van der Waals surface area contributed by atoms with Gasteiger partial charge in [0.25, 0.3) is 0 Å². The molecule has 3 heteroatoms. The second kappa shape index (κ2) is 5.73. The lowest BCUT2D eigenvalue weighted by Crippen LogP contribution is -2.20. The van der Waals surface area contributed by atoms with Gasteiger partial charge in [0.05, 0.1) is 5.92 Å². The molecule has 0 saturated heterocycles. The summed E-state index contributed by atoms with van der Waals surface area (Å²) >= 11 is 0. The summed E-state index contributed by atoms with van der Waals surface area (Å²) in [6.45, 7) is 8.49. The van der Waals surface area contributed by atoms with E-state index < -0.39 is 11.9 Å². The topological polar surface area (TPSA) is 49.7 Å². The molecular weight excluding hydrogens is 166 g/mol. The zero-order chi connectivity index (χ0) is 10.4. The first-order valence-corrected chi connectivity index (χ1v) is 4.75. The summed E-state index contributed by atoms with van der Waals surface area (Å²) in [5, 5.41) is 8.77. The summed E-state index contributed by atoms with van der Waals surface area (Å²) in [6.07, 6.45) is 0.722. The van der Waals surface area contributed by atoms with Gasteiger partial charge in [-0.1, -0.05) is 20.8 Å². The predicted octanol–water partition coefficient (Wildman–Crippen LogP) is 2.21. The van der Waals surface area contributed by atoms with Gasteiger partial charge in [0.15, 0.2) is 0 Å². The Hall–Kier alpha value is -0.860. The van der Waals surface area contributed by atoms with E-state index in [9.17, 15) is 4.79 Å². The maximum atomic E-state index is 10.7. The van der Waals surface area contributed by atoms with Crippen LogP contribution in [0.2, 0.25) is 0 Å². The highest BCUT2D eigenvalue weighted by molar-refractivity contribution is 6.00. The Morgan fingerprint density at radius 3 is 2.23 bits per heavy atom. The first kappa shape index (κ1) is 12.1. The lowest BCUT2D eigenvalue weighted by atomic mass is 10.0. The van der Waals surface area contributed by atoms with Crippen molar-refractivity contribution in [3.05, 3.63) is 0 Å². The van der Waals surface area contributed by atoms with Crippen LogP contribution in [0.25, 0.3) is 0 Å². The summed E-state index contributed by atoms with van der Waals surface area (Å²) in [4.78, 5) is 15.0. The van der Waals surface area contributed by atoms with E-state index in [4.69, 9.17) is 5.11 Å². The van der Waals surface area contributed by atoms with Crippen LogP contribution < -0.4 is 0 Å². The fourth-order valence-corrected chi connectivity index (χ4v) is 0.997. The first-order valence-electron chi connectivity index (χ1n) is 4.75. The zero-order valence-electron chi connectivity index (χ0n) is 8.87. The molecule has 1 unspecified atom stereocenters. The van der Waals surface area contributed by atoms with Gasteiger partial charge in [-0.2, -0.15) is 0 Å². The highest BCUT2D eigenvalue weighted by Crippen LogP contribution is 2.05. The maximum Gasteiger partial charge on any atom is 0.311 e. The molecule has 76 valence electrons. The highest BCUT2D eigenvalue weighted by Gasteiger charge is 2.16. The Balaban J connectivity index is 4.31. The van der Waals surface area contributed by atoms with E-state index >= 15 is 0 Å². The van der Waals surface area contributed by atoms with Crippen LogP contribution in [0.1, 0.15) is 34.1 Å². The molecule has 0 aromatic heterocycles. The minimum atomic E-state index is -0.788. The number of hydrogen-bond donors (Lipinski definition) is 1. The number of aliphatic carboxylic acids is 1. The predicted molar refractivity (Wildman–Crippen MR) is 54.2 cm³/mol. The molecule has 0 fully saturated rings. The zero-order valence-corrected chi connectivity index (χ0v) is 8.87. The third-order valence-corrected chi connectivity index (χ3v) is 1.89. The third-order valence-electron chi connectivity index (χ3n) is 1.89. The largest absolute Gasteiger partial charge is 0.481 e. The molecule has 3 nitrogen and oxygen atoms in total. The van der Waals surface area contributed by atoms with Crippen molar-refractivity contribution in [1.82, 2.24) is 0 Å². The number of carbonyl (C=O) groups is 1. The normalized spacial score (nSPS) is 14.7. The van der Waals surface area contributed by atoms with Crippen LogP contribution in [0.3, 0.4) is 0 Å². The van der Waals surface area contributed by atoms with E-state index in [0.717, 1.165) is 18.7 Å². The average Bonchev–Trinajstić information content (AvgIpc) is 2.04. The fraction of sp³-hybridized carbons (Fsp3) is 0.800. The molecule has 0 aliphatic heterocycles. The van der Waals surface area contributed by atoms with Crippen molar-refractivity contribution in [2.45, 2.75) is 34.1 Å². The second-order valence-corrected chi connectivity index (χ2v) is 3.64. The van der Waals surface area contributed by atoms with Crippen molar-refractivity contribution >= 4 is 11.7 Å². The Kier molecular flexibility index (Phi) is 5.35. The van der Waals surface area contributed by atoms with Gasteiger partial charge in [-0.15, -0.1) is 0 Å². The number of aliphatic imine (C=N–C) groups is 1. The van der Waals surface area contributed by atoms with Crippen molar-refractivity contribution in [3.63, 3.8) is 0 Å². The van der Waals surface area contributed by atoms with E-state index in [0.29, 0.717) is 5.92 Å². The average molecular weight is 185 g/mol. The summed E-state index contributed by atoms with van der Waals surface area (Å²) < 4.78 is 0. The molecule has 0 saturated carbocycles. The van der Waals surface area contributed by atoms with E-state index in [1.807, 2.05) is 6.92 Å². The molecule has 0 heterocycles. The lowest BCUT2D eigenvalue weighted by molar-refractivity contribution is -0.138. The van der Waals surface area contributed by atoms with E-state index in [-0.39, 0.29) is 0 Å². The van der Waals surface area contributed by atoms with Crippen LogP contribution in [-0.2, 0) is 4.79 Å². The summed E-state index contributed by atoms with van der Waals surface area (Å²) in [6, 6.07) is 0. The van der Waals surface area contributed by atoms with Gasteiger partial charge in [-0.3, -0.25) is 9.79 Å². The van der Waals surface area contributed by atoms with Crippen molar-refractivity contribution in [3.8, 4) is 0 Å². The van der Waals surface area contributed by atoms with Crippen molar-refractivity contribution in [1.29, 1.82) is 0 Å². The standard InChI is InChI=1S/C10H19NO2/c1-5-9(8(4)10(12)13)11-6-7(2)3/h7-8H,5-6H2,1-4H3,(H,12,13). The van der Waals surface area contributed by atoms with Gasteiger partial charge < -0.3 is 5.11 Å². The third kappa shape index (κ3) is 4.65. The van der Waals surface area contributed by atoms with Gasteiger partial charge >= 0.3 is 5.97 Å². The molecule has 0 aliphatic rings. The number of carboxylic acid groups (broad SMARTS) is 1. The van der Waals surface area contributed by atoms with Crippen LogP contribution in [0, 0.1) is 11.8 Å². The molecule has 0 bridgehead atoms. The smallest absolute Gasteiger partial charge is 0.311 e. The molecule has 0 rings (SSSR count). The van der Waals surface area contributed by atoms with Crippen LogP contribution in [0.15, 0.2) is 4.99 Å². The molecule has 0 spiro atoms. The lowest BCUT2D eigenvalue weighted by Gasteiger charge is -2.09. The summed E-state index contributed by atoms with van der Waals surface area (Å²) in [5.41, 5.74) is 0.793. The number of nitrogens with zero attached hydrogens (tertiary/aromatic N) is 1. The number of hydrogen-bond acceptors (Lipinski definition) is 2. The molecule has 13 heavy (non-hydrogen) atoms. The van der Waals surface area contributed by atoms with E-state index in [2.05, 4.69) is 18.8 Å². The van der Waals surface area contributed by atoms with Crippen LogP contribution >= 0.6 is 0 Å². The molecular formula is C10H19NO2. The van der Waals surface area contributed by atoms with Gasteiger partial charge in [0, 0.05) is 12.3 Å². The van der Waals surface area contributed by atoms with Crippen LogP contribution in [0.4, 0.5) is 0 Å². The molecule has 0 aromatic carbocycles. The Labute approximate surface area is 79.9 Å². The van der Waals surface area contributed by atoms with Crippen molar-refractivity contribution < 1.29 is 9.90 Å². The molecule has 1 N–H and O–H groups in total. The number of carboxylic acids is 1. The Morgan fingerprint density at radius 2 is 1.92 bits per heavy atom. The highest BCUT2D eigenvalue weighted by atomic mass is 16.4. The monoisotopic (exact) mass is 185 g/mol. The summed E-state index contributed by atoms with van der Waals surface area (Å²) in [5.74, 6) is -0.740. The molecule has 1 atom stereocenters. The first-order chi connectivity index (χ1) is 5.99. The van der Waals surface area contributed by atoms with Gasteiger partial charge in [-0.05, 0) is 19.3 Å². The van der Waals surface area contributed by atoms with E-state index in [1.54, 1.807) is 6.92 Å². The second-order valence-electron chi connectivity index (χ2n) is 3.64. The molecule has 0 radical (unpaired) electrons. The van der Waals surface area contributed by atoms with Gasteiger partial charge in [-0.25, -0.2) is 0 Å². The van der Waals surface area contributed by atoms with Crippen LogP contribution in [0.5, 0.6) is 0 Å². The van der Waals surface area contributed by atoms with Crippen LogP contribution in [-0.4, -0.2) is 23.3 Å². The SMILES string of the molecule is CCC(=NCC(C)C)C(C)C(=O)O. The summed E-state index contributed by atoms with van der Waals surface area (Å²) in [7, 11) is 0. The minimum absolute atomic E-state index is 0.441. The van der Waals surface area contributed by atoms with Gasteiger partial charge in [0.2, 0.25) is 0 Å². The fourth-order valence-electron chi connectivity index (χ4n) is 0.997. The molecule has 0 aliphatic carbocycles. The number of rotatable bonds is 5. The van der Waals surface area contributed by atoms with Crippen molar-refractivity contribution in [2.75, 3.05) is 6.54 Å². The molecule has 0 amide bonds.